The van der Waals surface area contributed by atoms with Crippen LogP contribution in [0.15, 0.2) is 24.3 Å². The molecule has 1 aromatic carbocycles. The molecule has 5 aliphatic rings. The molecule has 1 N–H and O–H groups in total. The number of fused-ring (bicyclic) bond motifs is 4. The molecule has 1 heterocycles. The molecule has 1 aliphatic heterocycles. The Labute approximate surface area is 241 Å². The lowest BCUT2D eigenvalue weighted by molar-refractivity contribution is -0.208. The Morgan fingerprint density at radius 3 is 2.49 bits per heavy atom. The maximum absolute atomic E-state index is 13.9. The van der Waals surface area contributed by atoms with Gasteiger partial charge in [-0.2, -0.15) is 0 Å². The highest BCUT2D eigenvalue weighted by atomic mass is 32.1. The van der Waals surface area contributed by atoms with Crippen molar-refractivity contribution in [2.75, 3.05) is 4.90 Å². The summed E-state index contributed by atoms with van der Waals surface area (Å²) in [4.78, 5) is 2.20. The van der Waals surface area contributed by atoms with Gasteiger partial charge in [0.15, 0.2) is 0 Å². The van der Waals surface area contributed by atoms with Crippen molar-refractivity contribution < 1.29 is 14.2 Å². The zero-order valence-electron chi connectivity index (χ0n) is 24.8. The molecule has 0 aromatic heterocycles. The molecule has 4 saturated carbocycles. The summed E-state index contributed by atoms with van der Waals surface area (Å²) in [7, 11) is 0. The summed E-state index contributed by atoms with van der Waals surface area (Å²) in [5.74, 6) is 4.14. The summed E-state index contributed by atoms with van der Waals surface area (Å²) in [5.41, 5.74) is 0.823. The van der Waals surface area contributed by atoms with E-state index >= 15 is 0 Å². The van der Waals surface area contributed by atoms with Crippen LogP contribution in [0.1, 0.15) is 105 Å². The molecule has 1 saturated heterocycles. The molecular weight excluding hydrogens is 505 g/mol. The molecule has 1 unspecified atom stereocenters. The quantitative estimate of drug-likeness (QED) is 0.357. The number of rotatable bonds is 6. The van der Waals surface area contributed by atoms with E-state index in [2.05, 4.69) is 39.5 Å². The zero-order valence-corrected chi connectivity index (χ0v) is 25.6. The van der Waals surface area contributed by atoms with Crippen LogP contribution in [0.25, 0.3) is 0 Å². The molecule has 0 amide bonds. The number of anilines is 1. The number of nitrogens with zero attached hydrogens (tertiary/aromatic N) is 1. The van der Waals surface area contributed by atoms with Crippen molar-refractivity contribution in [1.29, 1.82) is 0 Å². The van der Waals surface area contributed by atoms with Gasteiger partial charge in [0, 0.05) is 17.5 Å². The fourth-order valence-electron chi connectivity index (χ4n) is 11.0. The van der Waals surface area contributed by atoms with E-state index in [-0.39, 0.29) is 23.4 Å². The van der Waals surface area contributed by atoms with Crippen LogP contribution in [0.4, 0.5) is 10.1 Å². The predicted molar refractivity (Wildman–Crippen MR) is 160 cm³/mol. The summed E-state index contributed by atoms with van der Waals surface area (Å²) in [5, 5.41) is 11.5. The van der Waals surface area contributed by atoms with Gasteiger partial charge in [0.05, 0.1) is 12.1 Å². The van der Waals surface area contributed by atoms with Crippen molar-refractivity contribution in [3.8, 4) is 0 Å². The average molecular weight is 556 g/mol. The number of hydrogen-bond acceptors (Lipinski definition) is 3. The van der Waals surface area contributed by atoms with E-state index in [0.717, 1.165) is 48.6 Å². The molecular formula is C34H50FNO2S. The van der Waals surface area contributed by atoms with Crippen LogP contribution in [0.5, 0.6) is 0 Å². The smallest absolute Gasteiger partial charge is 0.264 e. The minimum Gasteiger partial charge on any atom is -0.461 e. The number of aliphatic hydroxyl groups excluding tert-OH is 1. The monoisotopic (exact) mass is 555 g/mol. The first-order chi connectivity index (χ1) is 18.5. The number of benzene rings is 1. The third-order valence-electron chi connectivity index (χ3n) is 12.9. The van der Waals surface area contributed by atoms with E-state index in [1.165, 1.54) is 57.1 Å². The van der Waals surface area contributed by atoms with Gasteiger partial charge >= 0.3 is 0 Å². The van der Waals surface area contributed by atoms with Gasteiger partial charge in [-0.3, -0.25) is 4.90 Å². The SMILES string of the molecule is CC(C)CCC[C@@H](C)[C@H]1CC[C@H]2[C@@H]3C[C@@H]4N(c5ccc(F)cc5)C(=S)O[C@@]45CC(O)CC[C@]5(C)[C@H]3CC[C@]12C. The number of thiocarbonyl (C=S) groups is 1. The first-order valence-electron chi connectivity index (χ1n) is 16.0. The summed E-state index contributed by atoms with van der Waals surface area (Å²) in [6.45, 7) is 12.4. The van der Waals surface area contributed by atoms with Crippen LogP contribution < -0.4 is 4.90 Å². The first kappa shape index (κ1) is 27.9. The van der Waals surface area contributed by atoms with Crippen molar-refractivity contribution in [1.82, 2.24) is 0 Å². The summed E-state index contributed by atoms with van der Waals surface area (Å²) >= 11 is 5.94. The van der Waals surface area contributed by atoms with Crippen LogP contribution in [0.2, 0.25) is 0 Å². The molecule has 39 heavy (non-hydrogen) atoms. The van der Waals surface area contributed by atoms with Crippen molar-refractivity contribution in [2.24, 2.45) is 46.3 Å². The number of aliphatic hydroxyl groups is 1. The van der Waals surface area contributed by atoms with Gasteiger partial charge in [-0.25, -0.2) is 4.39 Å². The largest absolute Gasteiger partial charge is 0.461 e. The molecule has 1 aromatic rings. The third kappa shape index (κ3) is 4.22. The summed E-state index contributed by atoms with van der Waals surface area (Å²) in [6.07, 6.45) is 12.5. The van der Waals surface area contributed by atoms with Gasteiger partial charge in [0.2, 0.25) is 0 Å². The van der Waals surface area contributed by atoms with Gasteiger partial charge in [0.25, 0.3) is 5.17 Å². The van der Waals surface area contributed by atoms with E-state index in [1.807, 2.05) is 12.1 Å². The van der Waals surface area contributed by atoms with Crippen molar-refractivity contribution in [3.63, 3.8) is 0 Å². The normalized spacial score (nSPS) is 43.9. The lowest BCUT2D eigenvalue weighted by Crippen LogP contribution is -2.69. The summed E-state index contributed by atoms with van der Waals surface area (Å²) < 4.78 is 20.7. The van der Waals surface area contributed by atoms with Gasteiger partial charge in [-0.15, -0.1) is 0 Å². The highest BCUT2D eigenvalue weighted by Gasteiger charge is 2.72. The molecule has 10 atom stereocenters. The molecule has 1 spiro atoms. The molecule has 5 fully saturated rings. The van der Waals surface area contributed by atoms with Gasteiger partial charge in [-0.05, 0) is 122 Å². The van der Waals surface area contributed by atoms with Crippen LogP contribution in [0, 0.1) is 52.2 Å². The Hall–Kier alpha value is -1.20. The average Bonchev–Trinajstić information content (AvgIpc) is 3.37. The van der Waals surface area contributed by atoms with E-state index < -0.39 is 5.60 Å². The Bertz CT molecular complexity index is 1080. The maximum Gasteiger partial charge on any atom is 0.264 e. The Kier molecular flexibility index (Phi) is 7.14. The van der Waals surface area contributed by atoms with E-state index in [4.69, 9.17) is 17.0 Å². The molecule has 5 heteroatoms. The standard InChI is InChI=1S/C34H50FNO2S/c1-21(2)7-6-8-22(3)27-13-14-28-26-19-30-34(38-31(39)36(30)24-11-9-23(35)10-12-24)20-25(37)15-18-33(34,5)29(26)16-17-32(27,28)4/h9-12,21-22,25-30,37H,6-8,13-20H2,1-5H3/t22-,25?,26+,27-,28+,29+,30+,32-,33-,34+/m1/s1. The van der Waals surface area contributed by atoms with Gasteiger partial charge in [-0.1, -0.05) is 53.9 Å². The zero-order chi connectivity index (χ0) is 27.7. The van der Waals surface area contributed by atoms with Crippen LogP contribution in [0.3, 0.4) is 0 Å². The second kappa shape index (κ2) is 9.96. The van der Waals surface area contributed by atoms with Crippen molar-refractivity contribution >= 4 is 23.1 Å². The first-order valence-corrected chi connectivity index (χ1v) is 16.4. The second-order valence-corrected chi connectivity index (χ2v) is 15.4. The van der Waals surface area contributed by atoms with Crippen molar-refractivity contribution in [3.05, 3.63) is 30.1 Å². The van der Waals surface area contributed by atoms with Crippen molar-refractivity contribution in [2.45, 2.75) is 123 Å². The van der Waals surface area contributed by atoms with Gasteiger partial charge < -0.3 is 9.84 Å². The summed E-state index contributed by atoms with van der Waals surface area (Å²) in [6, 6.07) is 6.85. The lowest BCUT2D eigenvalue weighted by Gasteiger charge is -2.65. The molecule has 3 nitrogen and oxygen atoms in total. The Balaban J connectivity index is 1.34. The maximum atomic E-state index is 13.9. The predicted octanol–water partition coefficient (Wildman–Crippen LogP) is 8.53. The van der Waals surface area contributed by atoms with Crippen LogP contribution >= 0.6 is 12.2 Å². The molecule has 4 aliphatic carbocycles. The minimum atomic E-state index is -0.479. The molecule has 6 rings (SSSR count). The molecule has 216 valence electrons. The third-order valence-corrected chi connectivity index (χ3v) is 13.2. The lowest BCUT2D eigenvalue weighted by atomic mass is 9.42. The second-order valence-electron chi connectivity index (χ2n) is 15.1. The highest BCUT2D eigenvalue weighted by Crippen LogP contribution is 2.71. The number of hydrogen-bond donors (Lipinski definition) is 1. The number of halogens is 1. The fraction of sp³-hybridized carbons (Fsp3) is 0.794. The Morgan fingerprint density at radius 2 is 1.77 bits per heavy atom. The minimum absolute atomic E-state index is 0.0268. The topological polar surface area (TPSA) is 32.7 Å². The van der Waals surface area contributed by atoms with E-state index in [0.29, 0.717) is 28.8 Å². The molecule has 0 bridgehead atoms. The van der Waals surface area contributed by atoms with Gasteiger partial charge in [0.1, 0.15) is 11.4 Å². The number of ether oxygens (including phenoxy) is 1. The highest BCUT2D eigenvalue weighted by molar-refractivity contribution is 7.80. The Morgan fingerprint density at radius 1 is 1.03 bits per heavy atom. The van der Waals surface area contributed by atoms with E-state index in [9.17, 15) is 9.50 Å². The van der Waals surface area contributed by atoms with E-state index in [1.54, 1.807) is 0 Å². The van der Waals surface area contributed by atoms with Crippen LogP contribution in [-0.2, 0) is 4.74 Å². The molecule has 0 radical (unpaired) electrons. The fourth-order valence-corrected chi connectivity index (χ4v) is 11.4. The van der Waals surface area contributed by atoms with Crippen LogP contribution in [-0.4, -0.2) is 28.0 Å².